The fourth-order valence-corrected chi connectivity index (χ4v) is 2.45. The van der Waals surface area contributed by atoms with Crippen molar-refractivity contribution >= 4 is 44.5 Å². The lowest BCUT2D eigenvalue weighted by Gasteiger charge is -2.16. The van der Waals surface area contributed by atoms with Crippen molar-refractivity contribution in [3.8, 4) is 0 Å². The lowest BCUT2D eigenvalue weighted by atomic mass is 10.1. The molecule has 0 spiro atoms. The van der Waals surface area contributed by atoms with Crippen LogP contribution in [0.1, 0.15) is 16.7 Å². The van der Waals surface area contributed by atoms with Crippen molar-refractivity contribution in [2.75, 3.05) is 5.32 Å². The molecule has 0 radical (unpaired) electrons. The van der Waals surface area contributed by atoms with Crippen LogP contribution >= 0.6 is 28.1 Å². The summed E-state index contributed by atoms with van der Waals surface area (Å²) in [5.74, 6) is 0. The Bertz CT molecular complexity index is 638. The quantitative estimate of drug-likeness (QED) is 0.814. The van der Waals surface area contributed by atoms with Gasteiger partial charge in [-0.25, -0.2) is 0 Å². The Morgan fingerprint density at radius 1 is 1.16 bits per heavy atom. The molecular formula is C15H15BrN2S. The van der Waals surface area contributed by atoms with E-state index in [1.807, 2.05) is 43.3 Å². The summed E-state index contributed by atoms with van der Waals surface area (Å²) in [6, 6.07) is 12.0. The zero-order valence-corrected chi connectivity index (χ0v) is 13.2. The molecule has 0 aliphatic heterocycles. The van der Waals surface area contributed by atoms with Gasteiger partial charge in [0, 0.05) is 15.7 Å². The highest BCUT2D eigenvalue weighted by Gasteiger charge is 2.10. The van der Waals surface area contributed by atoms with Crippen LogP contribution in [0.3, 0.4) is 0 Å². The van der Waals surface area contributed by atoms with Gasteiger partial charge >= 0.3 is 0 Å². The highest BCUT2D eigenvalue weighted by molar-refractivity contribution is 9.10. The van der Waals surface area contributed by atoms with Gasteiger partial charge in [0.05, 0.1) is 5.69 Å². The van der Waals surface area contributed by atoms with E-state index in [9.17, 15) is 0 Å². The molecule has 0 fully saturated rings. The summed E-state index contributed by atoms with van der Waals surface area (Å²) in [5.41, 5.74) is 10.9. The SMILES string of the molecule is Cc1cccc(C(N)=S)c1Nc1cccc(Br)c1C. The number of hydrogen-bond acceptors (Lipinski definition) is 2. The predicted molar refractivity (Wildman–Crippen MR) is 89.2 cm³/mol. The van der Waals surface area contributed by atoms with Gasteiger partial charge < -0.3 is 11.1 Å². The van der Waals surface area contributed by atoms with Gasteiger partial charge in [0.1, 0.15) is 4.99 Å². The molecule has 0 unspecified atom stereocenters. The summed E-state index contributed by atoms with van der Waals surface area (Å²) in [7, 11) is 0. The average Bonchev–Trinajstić information content (AvgIpc) is 2.36. The molecule has 0 aromatic heterocycles. The second-order valence-corrected chi connectivity index (χ2v) is 5.69. The molecule has 2 nitrogen and oxygen atoms in total. The Morgan fingerprint density at radius 3 is 2.53 bits per heavy atom. The Morgan fingerprint density at radius 2 is 1.84 bits per heavy atom. The maximum absolute atomic E-state index is 5.79. The van der Waals surface area contributed by atoms with Crippen LogP contribution in [0.2, 0.25) is 0 Å². The zero-order valence-electron chi connectivity index (χ0n) is 10.8. The zero-order chi connectivity index (χ0) is 14.0. The minimum atomic E-state index is 0.402. The van der Waals surface area contributed by atoms with E-state index in [2.05, 4.69) is 28.2 Å². The van der Waals surface area contributed by atoms with Crippen molar-refractivity contribution in [1.29, 1.82) is 0 Å². The Kier molecular flexibility index (Phi) is 4.22. The first-order valence-corrected chi connectivity index (χ1v) is 7.12. The van der Waals surface area contributed by atoms with Crippen molar-refractivity contribution in [2.24, 2.45) is 5.73 Å². The molecule has 0 amide bonds. The van der Waals surface area contributed by atoms with Gasteiger partial charge in [0.25, 0.3) is 0 Å². The highest BCUT2D eigenvalue weighted by atomic mass is 79.9. The molecule has 2 aromatic rings. The molecule has 0 aliphatic carbocycles. The first-order valence-electron chi connectivity index (χ1n) is 5.92. The fourth-order valence-electron chi connectivity index (χ4n) is 1.92. The smallest absolute Gasteiger partial charge is 0.106 e. The van der Waals surface area contributed by atoms with Gasteiger partial charge in [0.15, 0.2) is 0 Å². The third-order valence-corrected chi connectivity index (χ3v) is 4.14. The number of aryl methyl sites for hydroxylation is 1. The molecule has 0 aliphatic rings. The van der Waals surface area contributed by atoms with Crippen LogP contribution in [0, 0.1) is 13.8 Å². The lowest BCUT2D eigenvalue weighted by molar-refractivity contribution is 1.37. The summed E-state index contributed by atoms with van der Waals surface area (Å²) < 4.78 is 1.07. The Hall–Kier alpha value is -1.39. The number of benzene rings is 2. The molecule has 98 valence electrons. The fraction of sp³-hybridized carbons (Fsp3) is 0.133. The van der Waals surface area contributed by atoms with Crippen LogP contribution in [-0.2, 0) is 0 Å². The number of hydrogen-bond donors (Lipinski definition) is 2. The molecule has 0 atom stereocenters. The summed E-state index contributed by atoms with van der Waals surface area (Å²) in [5, 5.41) is 3.43. The van der Waals surface area contributed by atoms with Gasteiger partial charge in [-0.15, -0.1) is 0 Å². The normalized spacial score (nSPS) is 10.3. The molecule has 0 bridgehead atoms. The van der Waals surface area contributed by atoms with Gasteiger partial charge in [-0.1, -0.05) is 46.3 Å². The largest absolute Gasteiger partial charge is 0.389 e. The van der Waals surface area contributed by atoms with E-state index in [1.165, 1.54) is 0 Å². The van der Waals surface area contributed by atoms with Crippen molar-refractivity contribution in [2.45, 2.75) is 13.8 Å². The molecule has 3 N–H and O–H groups in total. The lowest BCUT2D eigenvalue weighted by Crippen LogP contribution is -2.13. The number of nitrogens with one attached hydrogen (secondary N) is 1. The number of thiocarbonyl (C=S) groups is 1. The average molecular weight is 335 g/mol. The third-order valence-electron chi connectivity index (χ3n) is 3.07. The van der Waals surface area contributed by atoms with Crippen LogP contribution in [-0.4, -0.2) is 4.99 Å². The van der Waals surface area contributed by atoms with E-state index in [4.69, 9.17) is 18.0 Å². The monoisotopic (exact) mass is 334 g/mol. The minimum Gasteiger partial charge on any atom is -0.389 e. The van der Waals surface area contributed by atoms with E-state index < -0.39 is 0 Å². The molecule has 19 heavy (non-hydrogen) atoms. The summed E-state index contributed by atoms with van der Waals surface area (Å²) in [6.45, 7) is 4.10. The molecule has 2 rings (SSSR count). The number of nitrogens with two attached hydrogens (primary N) is 1. The van der Waals surface area contributed by atoms with Gasteiger partial charge in [0.2, 0.25) is 0 Å². The van der Waals surface area contributed by atoms with Gasteiger partial charge in [-0.2, -0.15) is 0 Å². The topological polar surface area (TPSA) is 38.0 Å². The molecule has 0 saturated carbocycles. The van der Waals surface area contributed by atoms with Crippen LogP contribution in [0.25, 0.3) is 0 Å². The molecular weight excluding hydrogens is 320 g/mol. The minimum absolute atomic E-state index is 0.402. The Balaban J connectivity index is 2.49. The van der Waals surface area contributed by atoms with Crippen LogP contribution in [0.5, 0.6) is 0 Å². The molecule has 4 heteroatoms. The second-order valence-electron chi connectivity index (χ2n) is 4.40. The molecule has 2 aromatic carbocycles. The number of anilines is 2. The number of para-hydroxylation sites is 1. The van der Waals surface area contributed by atoms with E-state index >= 15 is 0 Å². The van der Waals surface area contributed by atoms with Crippen molar-refractivity contribution in [1.82, 2.24) is 0 Å². The van der Waals surface area contributed by atoms with Crippen LogP contribution in [0.4, 0.5) is 11.4 Å². The van der Waals surface area contributed by atoms with E-state index in [-0.39, 0.29) is 0 Å². The van der Waals surface area contributed by atoms with Crippen LogP contribution in [0.15, 0.2) is 40.9 Å². The third kappa shape index (κ3) is 2.96. The predicted octanol–water partition coefficient (Wildman–Crippen LogP) is 4.44. The van der Waals surface area contributed by atoms with E-state index in [0.717, 1.165) is 32.5 Å². The highest BCUT2D eigenvalue weighted by Crippen LogP contribution is 2.29. The molecule has 0 heterocycles. The Labute approximate surface area is 127 Å². The van der Waals surface area contributed by atoms with Crippen molar-refractivity contribution < 1.29 is 0 Å². The van der Waals surface area contributed by atoms with Crippen molar-refractivity contribution in [3.05, 3.63) is 57.6 Å². The standard InChI is InChI=1S/C15H15BrN2S/c1-9-5-3-6-11(15(17)19)14(9)18-13-8-4-7-12(16)10(13)2/h3-8,18H,1-2H3,(H2,17,19). The van der Waals surface area contributed by atoms with E-state index in [0.29, 0.717) is 4.99 Å². The van der Waals surface area contributed by atoms with Gasteiger partial charge in [-0.05, 0) is 43.2 Å². The summed E-state index contributed by atoms with van der Waals surface area (Å²) in [4.78, 5) is 0.402. The number of rotatable bonds is 3. The van der Waals surface area contributed by atoms with Crippen LogP contribution < -0.4 is 11.1 Å². The second kappa shape index (κ2) is 5.72. The molecule has 0 saturated heterocycles. The van der Waals surface area contributed by atoms with Crippen molar-refractivity contribution in [3.63, 3.8) is 0 Å². The summed E-state index contributed by atoms with van der Waals surface area (Å²) in [6.07, 6.45) is 0. The van der Waals surface area contributed by atoms with E-state index in [1.54, 1.807) is 0 Å². The van der Waals surface area contributed by atoms with Gasteiger partial charge in [-0.3, -0.25) is 0 Å². The summed E-state index contributed by atoms with van der Waals surface area (Å²) >= 11 is 8.65. The maximum Gasteiger partial charge on any atom is 0.106 e. The number of halogens is 1. The first kappa shape index (κ1) is 14.0. The maximum atomic E-state index is 5.79. The first-order chi connectivity index (χ1) is 9.00.